The van der Waals surface area contributed by atoms with E-state index in [1.807, 2.05) is 55.5 Å². The van der Waals surface area contributed by atoms with Gasteiger partial charge in [-0.15, -0.1) is 0 Å². The van der Waals surface area contributed by atoms with E-state index in [1.54, 1.807) is 12.1 Å². The van der Waals surface area contributed by atoms with Crippen molar-refractivity contribution in [3.05, 3.63) is 101 Å². The van der Waals surface area contributed by atoms with Crippen LogP contribution >= 0.6 is 0 Å². The zero-order chi connectivity index (χ0) is 17.8. The van der Waals surface area contributed by atoms with E-state index >= 15 is 0 Å². The standard InChI is InChI=1S/C23H22O2/c1-16-12-13-22(24)21(14-16)23(25)20(18-9-4-3-5-10-18)15-19-11-7-6-8-17(19)2/h3-14,20,24H,15H2,1-2H3. The van der Waals surface area contributed by atoms with E-state index in [-0.39, 0.29) is 17.5 Å². The summed E-state index contributed by atoms with van der Waals surface area (Å²) in [6.07, 6.45) is 0.614. The summed E-state index contributed by atoms with van der Waals surface area (Å²) >= 11 is 0. The van der Waals surface area contributed by atoms with Gasteiger partial charge in [0, 0.05) is 0 Å². The summed E-state index contributed by atoms with van der Waals surface area (Å²) in [6, 6.07) is 23.1. The van der Waals surface area contributed by atoms with Gasteiger partial charge in [-0.1, -0.05) is 66.2 Å². The molecule has 0 saturated heterocycles. The molecule has 0 aliphatic heterocycles. The average molecular weight is 330 g/mol. The van der Waals surface area contributed by atoms with Crippen molar-refractivity contribution in [3.8, 4) is 5.75 Å². The minimum Gasteiger partial charge on any atom is -0.507 e. The normalized spacial score (nSPS) is 11.9. The lowest BCUT2D eigenvalue weighted by molar-refractivity contribution is 0.0956. The molecule has 1 N–H and O–H groups in total. The molecule has 0 bridgehead atoms. The third-order valence-electron chi connectivity index (χ3n) is 4.62. The van der Waals surface area contributed by atoms with E-state index in [1.165, 1.54) is 5.56 Å². The zero-order valence-corrected chi connectivity index (χ0v) is 14.6. The number of aromatic hydroxyl groups is 1. The van der Waals surface area contributed by atoms with Crippen molar-refractivity contribution in [1.82, 2.24) is 0 Å². The summed E-state index contributed by atoms with van der Waals surface area (Å²) in [5, 5.41) is 10.2. The molecule has 3 aromatic rings. The number of hydrogen-bond donors (Lipinski definition) is 1. The lowest BCUT2D eigenvalue weighted by Gasteiger charge is -2.19. The van der Waals surface area contributed by atoms with E-state index in [0.717, 1.165) is 16.7 Å². The highest BCUT2D eigenvalue weighted by molar-refractivity contribution is 6.03. The third kappa shape index (κ3) is 3.80. The summed E-state index contributed by atoms with van der Waals surface area (Å²) < 4.78 is 0. The molecule has 3 aromatic carbocycles. The number of Topliss-reactive ketones (excluding diaryl/α,β-unsaturated/α-hetero) is 1. The van der Waals surface area contributed by atoms with Crippen LogP contribution in [0.4, 0.5) is 0 Å². The molecular formula is C23H22O2. The maximum Gasteiger partial charge on any atom is 0.174 e. The summed E-state index contributed by atoms with van der Waals surface area (Å²) in [7, 11) is 0. The first kappa shape index (κ1) is 17.0. The molecule has 2 nitrogen and oxygen atoms in total. The highest BCUT2D eigenvalue weighted by Gasteiger charge is 2.25. The molecule has 0 heterocycles. The molecule has 0 saturated carbocycles. The fourth-order valence-corrected chi connectivity index (χ4v) is 3.14. The summed E-state index contributed by atoms with van der Waals surface area (Å²) in [6.45, 7) is 3.99. The molecule has 0 aliphatic carbocycles. The van der Waals surface area contributed by atoms with Crippen LogP contribution in [0, 0.1) is 13.8 Å². The van der Waals surface area contributed by atoms with Crippen LogP contribution in [0.5, 0.6) is 5.75 Å². The Hall–Kier alpha value is -2.87. The lowest BCUT2D eigenvalue weighted by Crippen LogP contribution is -2.16. The molecule has 1 unspecified atom stereocenters. The van der Waals surface area contributed by atoms with E-state index in [9.17, 15) is 9.90 Å². The number of carbonyl (C=O) groups excluding carboxylic acids is 1. The molecule has 0 spiro atoms. The van der Waals surface area contributed by atoms with Gasteiger partial charge in [-0.05, 0) is 49.1 Å². The summed E-state index contributed by atoms with van der Waals surface area (Å²) in [5.74, 6) is -0.327. The predicted molar refractivity (Wildman–Crippen MR) is 101 cm³/mol. The van der Waals surface area contributed by atoms with Crippen LogP contribution in [-0.4, -0.2) is 10.9 Å². The molecule has 126 valence electrons. The molecule has 1 atom stereocenters. The van der Waals surface area contributed by atoms with Crippen molar-refractivity contribution in [2.75, 3.05) is 0 Å². The number of carbonyl (C=O) groups is 1. The largest absolute Gasteiger partial charge is 0.507 e. The molecule has 0 aromatic heterocycles. The SMILES string of the molecule is Cc1ccc(O)c(C(=O)C(Cc2ccccc2C)c2ccccc2)c1. The van der Waals surface area contributed by atoms with Crippen LogP contribution in [0.2, 0.25) is 0 Å². The Morgan fingerprint density at radius 3 is 2.32 bits per heavy atom. The molecule has 0 fully saturated rings. The second-order valence-corrected chi connectivity index (χ2v) is 6.48. The van der Waals surface area contributed by atoms with Crippen LogP contribution in [0.25, 0.3) is 0 Å². The van der Waals surface area contributed by atoms with Crippen molar-refractivity contribution in [2.24, 2.45) is 0 Å². The smallest absolute Gasteiger partial charge is 0.174 e. The molecule has 0 amide bonds. The first-order valence-corrected chi connectivity index (χ1v) is 8.49. The maximum absolute atomic E-state index is 13.3. The maximum atomic E-state index is 13.3. The van der Waals surface area contributed by atoms with Crippen LogP contribution < -0.4 is 0 Å². The van der Waals surface area contributed by atoms with Gasteiger partial charge in [-0.25, -0.2) is 0 Å². The fraction of sp³-hybridized carbons (Fsp3) is 0.174. The number of benzene rings is 3. The van der Waals surface area contributed by atoms with Crippen LogP contribution in [0.3, 0.4) is 0 Å². The van der Waals surface area contributed by atoms with Crippen molar-refractivity contribution in [3.63, 3.8) is 0 Å². The number of aryl methyl sites for hydroxylation is 2. The van der Waals surface area contributed by atoms with Gasteiger partial charge < -0.3 is 5.11 Å². The van der Waals surface area contributed by atoms with Gasteiger partial charge in [0.25, 0.3) is 0 Å². The highest BCUT2D eigenvalue weighted by atomic mass is 16.3. The molecule has 0 aliphatic rings. The third-order valence-corrected chi connectivity index (χ3v) is 4.62. The molecule has 25 heavy (non-hydrogen) atoms. The van der Waals surface area contributed by atoms with Gasteiger partial charge in [-0.3, -0.25) is 4.79 Å². The van der Waals surface area contributed by atoms with E-state index in [4.69, 9.17) is 0 Å². The van der Waals surface area contributed by atoms with Crippen molar-refractivity contribution in [2.45, 2.75) is 26.2 Å². The Bertz CT molecular complexity index is 882. The Labute approximate surface area is 148 Å². The van der Waals surface area contributed by atoms with E-state index in [2.05, 4.69) is 19.1 Å². The molecule has 3 rings (SSSR count). The fourth-order valence-electron chi connectivity index (χ4n) is 3.14. The second kappa shape index (κ2) is 7.35. The van der Waals surface area contributed by atoms with Crippen molar-refractivity contribution < 1.29 is 9.90 Å². The number of phenols is 1. The number of ketones is 1. The molecule has 2 heteroatoms. The van der Waals surface area contributed by atoms with Gasteiger partial charge in [0.1, 0.15) is 5.75 Å². The van der Waals surface area contributed by atoms with E-state index in [0.29, 0.717) is 12.0 Å². The Balaban J connectivity index is 2.04. The van der Waals surface area contributed by atoms with Crippen molar-refractivity contribution >= 4 is 5.78 Å². The molecule has 0 radical (unpaired) electrons. The summed E-state index contributed by atoms with van der Waals surface area (Å²) in [4.78, 5) is 13.3. The second-order valence-electron chi connectivity index (χ2n) is 6.48. The highest BCUT2D eigenvalue weighted by Crippen LogP contribution is 2.30. The van der Waals surface area contributed by atoms with Gasteiger partial charge in [-0.2, -0.15) is 0 Å². The van der Waals surface area contributed by atoms with Crippen LogP contribution in [0.15, 0.2) is 72.8 Å². The van der Waals surface area contributed by atoms with Crippen molar-refractivity contribution in [1.29, 1.82) is 0 Å². The molecular weight excluding hydrogens is 308 g/mol. The van der Waals surface area contributed by atoms with E-state index < -0.39 is 0 Å². The van der Waals surface area contributed by atoms with Gasteiger partial charge in [0.2, 0.25) is 0 Å². The lowest BCUT2D eigenvalue weighted by atomic mass is 9.84. The average Bonchev–Trinajstić information content (AvgIpc) is 2.63. The first-order chi connectivity index (χ1) is 12.1. The quantitative estimate of drug-likeness (QED) is 0.651. The van der Waals surface area contributed by atoms with Gasteiger partial charge in [0.05, 0.1) is 11.5 Å². The first-order valence-electron chi connectivity index (χ1n) is 8.49. The Morgan fingerprint density at radius 2 is 1.60 bits per heavy atom. The summed E-state index contributed by atoms with van der Waals surface area (Å²) in [5.41, 5.74) is 4.64. The van der Waals surface area contributed by atoms with Gasteiger partial charge >= 0.3 is 0 Å². The number of hydrogen-bond acceptors (Lipinski definition) is 2. The monoisotopic (exact) mass is 330 g/mol. The minimum absolute atomic E-state index is 0.0429. The van der Waals surface area contributed by atoms with Gasteiger partial charge in [0.15, 0.2) is 5.78 Å². The Morgan fingerprint density at radius 1 is 0.920 bits per heavy atom. The zero-order valence-electron chi connectivity index (χ0n) is 14.6. The predicted octanol–water partition coefficient (Wildman–Crippen LogP) is 5.22. The number of phenolic OH excluding ortho intramolecular Hbond substituents is 1. The topological polar surface area (TPSA) is 37.3 Å². The Kier molecular flexibility index (Phi) is 4.99. The van der Waals surface area contributed by atoms with Crippen LogP contribution in [-0.2, 0) is 6.42 Å². The number of rotatable bonds is 5. The van der Waals surface area contributed by atoms with Crippen LogP contribution in [0.1, 0.15) is 38.5 Å². The minimum atomic E-state index is -0.324.